The molecule has 0 fully saturated rings. The normalized spacial score (nSPS) is 11.6. The molecule has 120 valence electrons. The maximum atomic E-state index is 10.6. The molecule has 0 N–H and O–H groups in total. The third-order valence-electron chi connectivity index (χ3n) is 2.78. The fourth-order valence-corrected chi connectivity index (χ4v) is 4.70. The van der Waals surface area contributed by atoms with Crippen LogP contribution >= 0.6 is 0 Å². The van der Waals surface area contributed by atoms with Crippen molar-refractivity contribution in [3.63, 3.8) is 0 Å². The smallest absolute Gasteiger partial charge is 0.466 e. The van der Waals surface area contributed by atoms with Crippen LogP contribution in [-0.2, 0) is 22.8 Å². The summed E-state index contributed by atoms with van der Waals surface area (Å²) in [5.41, 5.74) is 0. The van der Waals surface area contributed by atoms with Gasteiger partial charge in [-0.05, 0) is 33.6 Å². The Bertz CT molecular complexity index is 231. The van der Waals surface area contributed by atoms with Gasteiger partial charge in [-0.15, -0.1) is 0 Å². The predicted octanol–water partition coefficient (Wildman–Crippen LogP) is 3.16. The molecule has 0 rings (SSSR count). The standard InChI is InChI=1S/C14H30O5Si/c1-5-17-20(18-6-2,19-7-3)13-11-9-8-10-12-16-14(4)15/h5-13H2,1-4H3. The van der Waals surface area contributed by atoms with Crippen LogP contribution in [0.15, 0.2) is 0 Å². The van der Waals surface area contributed by atoms with E-state index in [0.717, 1.165) is 31.7 Å². The molecule has 0 aliphatic heterocycles. The van der Waals surface area contributed by atoms with Gasteiger partial charge in [-0.1, -0.05) is 12.8 Å². The summed E-state index contributed by atoms with van der Waals surface area (Å²) in [6.45, 7) is 9.74. The van der Waals surface area contributed by atoms with Crippen molar-refractivity contribution in [2.24, 2.45) is 0 Å². The number of ether oxygens (including phenoxy) is 1. The molecule has 0 heterocycles. The van der Waals surface area contributed by atoms with Crippen LogP contribution in [0.4, 0.5) is 0 Å². The van der Waals surface area contributed by atoms with E-state index in [-0.39, 0.29) is 5.97 Å². The number of unbranched alkanes of at least 4 members (excludes halogenated alkanes) is 3. The van der Waals surface area contributed by atoms with Gasteiger partial charge in [-0.25, -0.2) is 0 Å². The van der Waals surface area contributed by atoms with Crippen molar-refractivity contribution in [1.82, 2.24) is 0 Å². The molecule has 20 heavy (non-hydrogen) atoms. The minimum absolute atomic E-state index is 0.208. The van der Waals surface area contributed by atoms with Crippen LogP contribution < -0.4 is 0 Å². The molecule has 0 saturated heterocycles. The van der Waals surface area contributed by atoms with Crippen LogP contribution in [0.5, 0.6) is 0 Å². The summed E-state index contributed by atoms with van der Waals surface area (Å²) in [4.78, 5) is 10.6. The number of rotatable bonds is 13. The molecule has 0 amide bonds. The molecule has 0 aliphatic carbocycles. The van der Waals surface area contributed by atoms with Gasteiger partial charge >= 0.3 is 14.8 Å². The Morgan fingerprint density at radius 2 is 1.35 bits per heavy atom. The van der Waals surface area contributed by atoms with Crippen LogP contribution in [0.25, 0.3) is 0 Å². The molecule has 0 radical (unpaired) electrons. The summed E-state index contributed by atoms with van der Waals surface area (Å²) < 4.78 is 22.3. The molecule has 0 aliphatic rings. The second kappa shape index (κ2) is 12.3. The van der Waals surface area contributed by atoms with E-state index in [1.54, 1.807) is 0 Å². The molecule has 0 aromatic heterocycles. The minimum Gasteiger partial charge on any atom is -0.466 e. The molecule has 6 heteroatoms. The van der Waals surface area contributed by atoms with Gasteiger partial charge in [0.05, 0.1) is 6.61 Å². The Morgan fingerprint density at radius 3 is 1.80 bits per heavy atom. The van der Waals surface area contributed by atoms with Crippen LogP contribution in [0.1, 0.15) is 53.4 Å². The van der Waals surface area contributed by atoms with Crippen molar-refractivity contribution in [3.05, 3.63) is 0 Å². The highest BCUT2D eigenvalue weighted by Crippen LogP contribution is 2.20. The molecular formula is C14H30O5Si. The van der Waals surface area contributed by atoms with E-state index in [2.05, 4.69) is 0 Å². The number of carbonyl (C=O) groups is 1. The minimum atomic E-state index is -2.47. The van der Waals surface area contributed by atoms with Gasteiger partial charge < -0.3 is 18.0 Å². The van der Waals surface area contributed by atoms with Gasteiger partial charge in [0.2, 0.25) is 0 Å². The average Bonchev–Trinajstić information content (AvgIpc) is 2.38. The second-order valence-electron chi connectivity index (χ2n) is 4.49. The summed E-state index contributed by atoms with van der Waals surface area (Å²) in [7, 11) is -2.47. The third kappa shape index (κ3) is 9.47. The SMILES string of the molecule is CCO[Si](CCCCCCOC(C)=O)(OCC)OCC. The molecule has 0 aromatic rings. The van der Waals surface area contributed by atoms with Crippen LogP contribution in [-0.4, -0.2) is 41.2 Å². The van der Waals surface area contributed by atoms with Gasteiger partial charge in [-0.3, -0.25) is 4.79 Å². The van der Waals surface area contributed by atoms with E-state index in [0.29, 0.717) is 26.4 Å². The quantitative estimate of drug-likeness (QED) is 0.297. The van der Waals surface area contributed by atoms with E-state index in [1.165, 1.54) is 6.92 Å². The maximum absolute atomic E-state index is 10.6. The molecule has 0 aromatic carbocycles. The van der Waals surface area contributed by atoms with Gasteiger partial charge in [0, 0.05) is 32.8 Å². The number of esters is 1. The van der Waals surface area contributed by atoms with E-state index < -0.39 is 8.80 Å². The first kappa shape index (κ1) is 19.6. The molecule has 0 saturated carbocycles. The summed E-state index contributed by atoms with van der Waals surface area (Å²) in [6.07, 6.45) is 4.05. The predicted molar refractivity (Wildman–Crippen MR) is 80.5 cm³/mol. The third-order valence-corrected chi connectivity index (χ3v) is 5.93. The number of hydrogen-bond donors (Lipinski definition) is 0. The van der Waals surface area contributed by atoms with Gasteiger partial charge in [0.15, 0.2) is 0 Å². The number of hydrogen-bond acceptors (Lipinski definition) is 5. The zero-order valence-corrected chi connectivity index (χ0v) is 14.4. The van der Waals surface area contributed by atoms with Crippen molar-refractivity contribution in [1.29, 1.82) is 0 Å². The lowest BCUT2D eigenvalue weighted by atomic mass is 10.2. The van der Waals surface area contributed by atoms with Crippen molar-refractivity contribution >= 4 is 14.8 Å². The first-order chi connectivity index (χ1) is 9.60. The van der Waals surface area contributed by atoms with Gasteiger partial charge in [0.1, 0.15) is 0 Å². The second-order valence-corrected chi connectivity index (χ2v) is 7.22. The van der Waals surface area contributed by atoms with Gasteiger partial charge in [0.25, 0.3) is 0 Å². The van der Waals surface area contributed by atoms with E-state index in [4.69, 9.17) is 18.0 Å². The van der Waals surface area contributed by atoms with Crippen LogP contribution in [0.3, 0.4) is 0 Å². The van der Waals surface area contributed by atoms with E-state index in [1.807, 2.05) is 20.8 Å². The molecule has 0 atom stereocenters. The molecule has 5 nitrogen and oxygen atoms in total. The first-order valence-electron chi connectivity index (χ1n) is 7.65. The molecule has 0 spiro atoms. The lowest BCUT2D eigenvalue weighted by molar-refractivity contribution is -0.141. The summed E-state index contributed by atoms with van der Waals surface area (Å²) in [5.74, 6) is -0.208. The Morgan fingerprint density at radius 1 is 0.850 bits per heavy atom. The summed E-state index contributed by atoms with van der Waals surface area (Å²) in [6, 6.07) is 0.857. The lowest BCUT2D eigenvalue weighted by Crippen LogP contribution is -2.45. The lowest BCUT2D eigenvalue weighted by Gasteiger charge is -2.28. The number of carbonyl (C=O) groups excluding carboxylic acids is 1. The van der Waals surface area contributed by atoms with Crippen molar-refractivity contribution in [2.45, 2.75) is 59.4 Å². The maximum Gasteiger partial charge on any atom is 0.500 e. The topological polar surface area (TPSA) is 54.0 Å². The highest BCUT2D eigenvalue weighted by molar-refractivity contribution is 6.60. The van der Waals surface area contributed by atoms with Crippen molar-refractivity contribution < 1.29 is 22.8 Å². The van der Waals surface area contributed by atoms with Crippen molar-refractivity contribution in [2.75, 3.05) is 26.4 Å². The van der Waals surface area contributed by atoms with E-state index >= 15 is 0 Å². The Kier molecular flexibility index (Phi) is 12.1. The highest BCUT2D eigenvalue weighted by Gasteiger charge is 2.39. The molecule has 0 bridgehead atoms. The Hall–Kier alpha value is -0.433. The molecular weight excluding hydrogens is 276 g/mol. The average molecular weight is 306 g/mol. The zero-order chi connectivity index (χ0) is 15.3. The van der Waals surface area contributed by atoms with Crippen molar-refractivity contribution in [3.8, 4) is 0 Å². The fraction of sp³-hybridized carbons (Fsp3) is 0.929. The fourth-order valence-electron chi connectivity index (χ4n) is 2.01. The zero-order valence-electron chi connectivity index (χ0n) is 13.4. The largest absolute Gasteiger partial charge is 0.500 e. The monoisotopic (exact) mass is 306 g/mol. The Labute approximate surface area is 124 Å². The highest BCUT2D eigenvalue weighted by atomic mass is 28.4. The first-order valence-corrected chi connectivity index (χ1v) is 9.58. The summed E-state index contributed by atoms with van der Waals surface area (Å²) >= 11 is 0. The van der Waals surface area contributed by atoms with Crippen LogP contribution in [0.2, 0.25) is 6.04 Å². The Balaban J connectivity index is 3.91. The molecule has 0 unspecified atom stereocenters. The van der Waals surface area contributed by atoms with E-state index in [9.17, 15) is 4.79 Å². The van der Waals surface area contributed by atoms with Gasteiger partial charge in [-0.2, -0.15) is 0 Å². The van der Waals surface area contributed by atoms with Crippen LogP contribution in [0, 0.1) is 0 Å². The summed E-state index contributed by atoms with van der Waals surface area (Å²) in [5, 5.41) is 0.